The number of amides is 2. The minimum absolute atomic E-state index is 0.0353. The number of hydrogen-bond donors (Lipinski definition) is 2. The Kier molecular flexibility index (Phi) is 9.34. The van der Waals surface area contributed by atoms with E-state index in [1.54, 1.807) is 13.8 Å². The maximum atomic E-state index is 13.1. The van der Waals surface area contributed by atoms with Crippen molar-refractivity contribution in [1.29, 1.82) is 0 Å². The van der Waals surface area contributed by atoms with Crippen LogP contribution in [0.3, 0.4) is 0 Å². The number of oxime groups is 1. The van der Waals surface area contributed by atoms with E-state index >= 15 is 0 Å². The summed E-state index contributed by atoms with van der Waals surface area (Å²) in [6.45, 7) is 4.68. The Labute approximate surface area is 220 Å². The van der Waals surface area contributed by atoms with Gasteiger partial charge in [0.2, 0.25) is 6.29 Å². The van der Waals surface area contributed by atoms with Crippen LogP contribution < -0.4 is 11.1 Å². The standard InChI is InChI=1S/C21H27N5O9S2/c1-9(2)33-21(30)35-10(3)34-19(29)15-11(6-31-4)7-36-18-14(17(28)26(15)18)24-16(27)13(25-32-5)12-8-37-20(22)23-12/h8-10,14,18H,6-7H2,1-5H3,(H2,22,23)(H,24,27)/b25-13-/t10?,14-,18+/m0/s1. The molecule has 1 fully saturated rings. The fourth-order valence-corrected chi connectivity index (χ4v) is 5.32. The van der Waals surface area contributed by atoms with Gasteiger partial charge in [-0.2, -0.15) is 0 Å². The van der Waals surface area contributed by atoms with Crippen LogP contribution in [0.1, 0.15) is 26.5 Å². The molecular formula is C21H27N5O9S2. The van der Waals surface area contributed by atoms with Crippen molar-refractivity contribution < 1.29 is 43.0 Å². The lowest BCUT2D eigenvalue weighted by Crippen LogP contribution is -2.71. The molecule has 16 heteroatoms. The van der Waals surface area contributed by atoms with Crippen LogP contribution in [0.2, 0.25) is 0 Å². The Bertz CT molecular complexity index is 1120. The average molecular weight is 558 g/mol. The highest BCUT2D eigenvalue weighted by Gasteiger charge is 2.55. The molecule has 3 rings (SSSR count). The van der Waals surface area contributed by atoms with Gasteiger partial charge in [0.05, 0.1) is 12.7 Å². The van der Waals surface area contributed by atoms with Crippen LogP contribution in [-0.4, -0.2) is 89.9 Å². The van der Waals surface area contributed by atoms with Crippen LogP contribution in [-0.2, 0) is 38.2 Å². The molecular weight excluding hydrogens is 530 g/mol. The third-order valence-corrected chi connectivity index (χ3v) is 6.89. The summed E-state index contributed by atoms with van der Waals surface area (Å²) >= 11 is 2.45. The molecule has 3 heterocycles. The molecule has 2 amide bonds. The largest absolute Gasteiger partial charge is 0.511 e. The molecule has 3 N–H and O–H groups in total. The number of carbonyl (C=O) groups excluding carboxylic acids is 4. The second-order valence-electron chi connectivity index (χ2n) is 7.95. The van der Waals surface area contributed by atoms with Gasteiger partial charge in [-0.25, -0.2) is 14.6 Å². The van der Waals surface area contributed by atoms with Crippen LogP contribution >= 0.6 is 23.1 Å². The highest BCUT2D eigenvalue weighted by molar-refractivity contribution is 8.00. The number of methoxy groups -OCH3 is 1. The number of rotatable bonds is 10. The van der Waals surface area contributed by atoms with Crippen molar-refractivity contribution in [2.45, 2.75) is 44.6 Å². The fraction of sp³-hybridized carbons (Fsp3) is 0.524. The SMILES string of the molecule is COCC1=C(C(=O)OC(C)OC(=O)OC(C)C)N2C(=O)[C@H](NC(=O)/C(=N\OC)c3csc(N)n3)[C@H]2SC1. The predicted octanol–water partition coefficient (Wildman–Crippen LogP) is 0.827. The number of thioether (sulfide) groups is 1. The van der Waals surface area contributed by atoms with E-state index < -0.39 is 47.7 Å². The minimum Gasteiger partial charge on any atom is -0.431 e. The van der Waals surface area contributed by atoms with E-state index in [0.717, 1.165) is 11.3 Å². The molecule has 1 saturated heterocycles. The van der Waals surface area contributed by atoms with E-state index in [4.69, 9.17) is 29.5 Å². The van der Waals surface area contributed by atoms with Gasteiger partial charge in [-0.05, 0) is 19.4 Å². The molecule has 37 heavy (non-hydrogen) atoms. The number of nitrogens with one attached hydrogen (secondary N) is 1. The number of nitrogen functional groups attached to an aromatic ring is 1. The number of carbonyl (C=O) groups is 4. The molecule has 0 aliphatic carbocycles. The van der Waals surface area contributed by atoms with Gasteiger partial charge < -0.3 is 34.8 Å². The zero-order valence-electron chi connectivity index (χ0n) is 20.7. The molecule has 2 aliphatic heterocycles. The summed E-state index contributed by atoms with van der Waals surface area (Å²) in [5.41, 5.74) is 6.15. The Balaban J connectivity index is 1.74. The van der Waals surface area contributed by atoms with E-state index in [0.29, 0.717) is 11.3 Å². The number of anilines is 1. The number of hydrogen-bond acceptors (Lipinski definition) is 14. The molecule has 1 aromatic heterocycles. The second kappa shape index (κ2) is 12.2. The number of esters is 1. The number of nitrogens with zero attached hydrogens (tertiary/aromatic N) is 3. The van der Waals surface area contributed by atoms with Crippen molar-refractivity contribution in [3.05, 3.63) is 22.3 Å². The molecule has 0 saturated carbocycles. The third-order valence-electron chi connectivity index (χ3n) is 4.88. The monoisotopic (exact) mass is 557 g/mol. The number of fused-ring (bicyclic) bond motifs is 1. The molecule has 1 aromatic rings. The zero-order valence-corrected chi connectivity index (χ0v) is 22.3. The molecule has 0 bridgehead atoms. The quantitative estimate of drug-likeness (QED) is 0.136. The molecule has 0 aromatic carbocycles. The number of thiazole rings is 1. The average Bonchev–Trinajstić information content (AvgIpc) is 3.25. The highest BCUT2D eigenvalue weighted by Crippen LogP contribution is 2.41. The van der Waals surface area contributed by atoms with Gasteiger partial charge in [0.15, 0.2) is 10.8 Å². The van der Waals surface area contributed by atoms with Gasteiger partial charge >= 0.3 is 12.1 Å². The Morgan fingerprint density at radius 1 is 1.24 bits per heavy atom. The van der Waals surface area contributed by atoms with Gasteiger partial charge in [-0.15, -0.1) is 23.1 Å². The van der Waals surface area contributed by atoms with Gasteiger partial charge in [-0.1, -0.05) is 5.16 Å². The van der Waals surface area contributed by atoms with Crippen molar-refractivity contribution in [1.82, 2.24) is 15.2 Å². The topological polar surface area (TPSA) is 181 Å². The van der Waals surface area contributed by atoms with Gasteiger partial charge in [0.1, 0.15) is 29.9 Å². The van der Waals surface area contributed by atoms with Crippen LogP contribution in [0.4, 0.5) is 9.93 Å². The first kappa shape index (κ1) is 28.2. The lowest BCUT2D eigenvalue weighted by atomic mass is 10.0. The van der Waals surface area contributed by atoms with E-state index in [9.17, 15) is 19.2 Å². The summed E-state index contributed by atoms with van der Waals surface area (Å²) < 4.78 is 20.2. The lowest BCUT2D eigenvalue weighted by Gasteiger charge is -2.49. The first-order valence-electron chi connectivity index (χ1n) is 10.9. The fourth-order valence-electron chi connectivity index (χ4n) is 3.45. The molecule has 3 atom stereocenters. The van der Waals surface area contributed by atoms with Crippen LogP contribution in [0.25, 0.3) is 0 Å². The summed E-state index contributed by atoms with van der Waals surface area (Å²) in [6.07, 6.45) is -2.71. The molecule has 2 aliphatic rings. The summed E-state index contributed by atoms with van der Waals surface area (Å²) in [5, 5.41) is 7.49. The first-order chi connectivity index (χ1) is 17.6. The highest BCUT2D eigenvalue weighted by atomic mass is 32.2. The number of ether oxygens (including phenoxy) is 4. The van der Waals surface area contributed by atoms with E-state index in [2.05, 4.69) is 15.5 Å². The Morgan fingerprint density at radius 2 is 1.97 bits per heavy atom. The summed E-state index contributed by atoms with van der Waals surface area (Å²) in [6, 6.07) is -0.961. The second-order valence-corrected chi connectivity index (χ2v) is 9.94. The van der Waals surface area contributed by atoms with Gasteiger partial charge in [-0.3, -0.25) is 14.5 Å². The van der Waals surface area contributed by atoms with Gasteiger partial charge in [0.25, 0.3) is 11.8 Å². The normalized spacial score (nSPS) is 20.1. The van der Waals surface area contributed by atoms with Gasteiger partial charge in [0, 0.05) is 25.2 Å². The summed E-state index contributed by atoms with van der Waals surface area (Å²) in [5.74, 6) is -1.81. The smallest absolute Gasteiger partial charge is 0.431 e. The maximum Gasteiger partial charge on any atom is 0.511 e. The molecule has 202 valence electrons. The van der Waals surface area contributed by atoms with Crippen LogP contribution in [0, 0.1) is 0 Å². The Morgan fingerprint density at radius 3 is 2.57 bits per heavy atom. The maximum absolute atomic E-state index is 13.1. The van der Waals surface area contributed by atoms with E-state index in [-0.39, 0.29) is 28.8 Å². The number of nitrogens with two attached hydrogens (primary N) is 1. The molecule has 0 radical (unpaired) electrons. The van der Waals surface area contributed by atoms with Crippen LogP contribution in [0.15, 0.2) is 21.8 Å². The van der Waals surface area contributed by atoms with E-state index in [1.807, 2.05) is 0 Å². The third kappa shape index (κ3) is 6.50. The first-order valence-corrected chi connectivity index (χ1v) is 12.9. The Hall–Kier alpha value is -3.37. The summed E-state index contributed by atoms with van der Waals surface area (Å²) in [4.78, 5) is 60.8. The van der Waals surface area contributed by atoms with Crippen molar-refractivity contribution >= 4 is 57.9 Å². The minimum atomic E-state index is -1.28. The molecule has 14 nitrogen and oxygen atoms in total. The van der Waals surface area contributed by atoms with Crippen molar-refractivity contribution in [3.63, 3.8) is 0 Å². The number of β-lactam (4-membered cyclic amide) rings is 1. The van der Waals surface area contributed by atoms with Crippen molar-refractivity contribution in [2.75, 3.05) is 32.3 Å². The molecule has 1 unspecified atom stereocenters. The lowest BCUT2D eigenvalue weighted by molar-refractivity contribution is -0.169. The van der Waals surface area contributed by atoms with E-state index in [1.165, 1.54) is 43.2 Å². The van der Waals surface area contributed by atoms with Crippen molar-refractivity contribution in [3.8, 4) is 0 Å². The van der Waals surface area contributed by atoms with Crippen molar-refractivity contribution in [2.24, 2.45) is 5.16 Å². The predicted molar refractivity (Wildman–Crippen MR) is 132 cm³/mol. The van der Waals surface area contributed by atoms with Crippen LogP contribution in [0.5, 0.6) is 0 Å². The number of aromatic nitrogens is 1. The zero-order chi connectivity index (χ0) is 27.3. The molecule has 0 spiro atoms. The summed E-state index contributed by atoms with van der Waals surface area (Å²) in [7, 11) is 2.71.